The number of benzene rings is 2. The van der Waals surface area contributed by atoms with Gasteiger partial charge in [-0.2, -0.15) is 5.10 Å². The number of amides is 3. The molecule has 2 aromatic rings. The zero-order valence-corrected chi connectivity index (χ0v) is 14.3. The number of ether oxygens (including phenoxy) is 2. The molecule has 0 fully saturated rings. The maximum Gasteiger partial charge on any atom is 0.339 e. The summed E-state index contributed by atoms with van der Waals surface area (Å²) in [6.45, 7) is 2.31. The number of carbonyl (C=O) groups is 2. The molecule has 0 aliphatic heterocycles. The number of nitrogens with two attached hydrogens (primary N) is 1. The van der Waals surface area contributed by atoms with Crippen molar-refractivity contribution in [1.82, 2.24) is 5.43 Å². The van der Waals surface area contributed by atoms with E-state index in [1.165, 1.54) is 6.21 Å². The average molecular weight is 356 g/mol. The minimum Gasteiger partial charge on any atom is -0.494 e. The van der Waals surface area contributed by atoms with Crippen molar-refractivity contribution in [2.75, 3.05) is 18.5 Å². The highest BCUT2D eigenvalue weighted by Gasteiger charge is 2.01. The topological polar surface area (TPSA) is 115 Å². The Labute approximate surface area is 151 Å². The summed E-state index contributed by atoms with van der Waals surface area (Å²) in [7, 11) is 0. The Hall–Kier alpha value is -3.55. The van der Waals surface area contributed by atoms with E-state index >= 15 is 0 Å². The first-order chi connectivity index (χ1) is 12.6. The van der Waals surface area contributed by atoms with Crippen molar-refractivity contribution >= 4 is 23.8 Å². The van der Waals surface area contributed by atoms with Gasteiger partial charge in [-0.1, -0.05) is 0 Å². The first-order valence-corrected chi connectivity index (χ1v) is 7.91. The maximum atomic E-state index is 11.8. The molecule has 0 spiro atoms. The van der Waals surface area contributed by atoms with Crippen LogP contribution >= 0.6 is 0 Å². The van der Waals surface area contributed by atoms with Gasteiger partial charge in [0.15, 0.2) is 6.61 Å². The summed E-state index contributed by atoms with van der Waals surface area (Å²) in [5.74, 6) is 0.709. The van der Waals surface area contributed by atoms with Crippen molar-refractivity contribution in [3.05, 3.63) is 54.1 Å². The van der Waals surface area contributed by atoms with Crippen LogP contribution in [0.2, 0.25) is 0 Å². The van der Waals surface area contributed by atoms with Gasteiger partial charge in [-0.25, -0.2) is 10.2 Å². The second-order valence-electron chi connectivity index (χ2n) is 5.11. The van der Waals surface area contributed by atoms with Crippen LogP contribution in [-0.4, -0.2) is 31.4 Å². The Morgan fingerprint density at radius 3 is 2.27 bits per heavy atom. The third kappa shape index (κ3) is 6.52. The summed E-state index contributed by atoms with van der Waals surface area (Å²) in [4.78, 5) is 22.4. The van der Waals surface area contributed by atoms with Crippen molar-refractivity contribution in [2.24, 2.45) is 10.8 Å². The third-order valence-electron chi connectivity index (χ3n) is 3.06. The molecule has 0 atom stereocenters. The van der Waals surface area contributed by atoms with E-state index in [-0.39, 0.29) is 6.61 Å². The number of hydrogen-bond acceptors (Lipinski definition) is 5. The number of urea groups is 1. The Morgan fingerprint density at radius 1 is 1.04 bits per heavy atom. The van der Waals surface area contributed by atoms with E-state index in [0.717, 1.165) is 11.3 Å². The van der Waals surface area contributed by atoms with Crippen molar-refractivity contribution in [3.63, 3.8) is 0 Å². The van der Waals surface area contributed by atoms with Gasteiger partial charge in [0, 0.05) is 5.69 Å². The van der Waals surface area contributed by atoms with Gasteiger partial charge in [0.05, 0.1) is 12.8 Å². The maximum absolute atomic E-state index is 11.8. The Morgan fingerprint density at radius 2 is 1.65 bits per heavy atom. The summed E-state index contributed by atoms with van der Waals surface area (Å²) in [6, 6.07) is 13.3. The Balaban J connectivity index is 1.79. The van der Waals surface area contributed by atoms with E-state index in [0.29, 0.717) is 18.0 Å². The van der Waals surface area contributed by atoms with E-state index < -0.39 is 11.9 Å². The van der Waals surface area contributed by atoms with Gasteiger partial charge in [-0.15, -0.1) is 0 Å². The van der Waals surface area contributed by atoms with E-state index in [4.69, 9.17) is 15.2 Å². The molecule has 26 heavy (non-hydrogen) atoms. The highest BCUT2D eigenvalue weighted by atomic mass is 16.5. The van der Waals surface area contributed by atoms with Gasteiger partial charge in [-0.3, -0.25) is 4.79 Å². The fourth-order valence-electron chi connectivity index (χ4n) is 1.93. The van der Waals surface area contributed by atoms with Gasteiger partial charge in [0.1, 0.15) is 11.5 Å². The van der Waals surface area contributed by atoms with E-state index in [1.807, 2.05) is 6.92 Å². The summed E-state index contributed by atoms with van der Waals surface area (Å²) >= 11 is 0. The van der Waals surface area contributed by atoms with Crippen LogP contribution in [0.5, 0.6) is 11.5 Å². The fourth-order valence-corrected chi connectivity index (χ4v) is 1.93. The SMILES string of the molecule is CCOc1ccc(NC(=O)N/N=C/c2ccc(OCC(N)=O)cc2)cc1. The molecule has 8 heteroatoms. The van der Waals surface area contributed by atoms with Crippen LogP contribution in [0.25, 0.3) is 0 Å². The highest BCUT2D eigenvalue weighted by molar-refractivity contribution is 5.90. The van der Waals surface area contributed by atoms with Gasteiger partial charge in [0.25, 0.3) is 5.91 Å². The van der Waals surface area contributed by atoms with Gasteiger partial charge >= 0.3 is 6.03 Å². The Kier molecular flexibility index (Phi) is 6.99. The molecule has 136 valence electrons. The van der Waals surface area contributed by atoms with E-state index in [1.54, 1.807) is 48.5 Å². The number of nitrogens with one attached hydrogen (secondary N) is 2. The lowest BCUT2D eigenvalue weighted by molar-refractivity contribution is -0.119. The number of hydrogen-bond donors (Lipinski definition) is 3. The molecular weight excluding hydrogens is 336 g/mol. The van der Waals surface area contributed by atoms with Crippen LogP contribution < -0.4 is 25.9 Å². The normalized spacial score (nSPS) is 10.3. The molecule has 0 aliphatic rings. The largest absolute Gasteiger partial charge is 0.494 e. The first kappa shape index (κ1) is 18.8. The van der Waals surface area contributed by atoms with Crippen molar-refractivity contribution in [2.45, 2.75) is 6.92 Å². The molecule has 3 amide bonds. The lowest BCUT2D eigenvalue weighted by Gasteiger charge is -2.06. The second kappa shape index (κ2) is 9.67. The van der Waals surface area contributed by atoms with Gasteiger partial charge in [-0.05, 0) is 61.0 Å². The highest BCUT2D eigenvalue weighted by Crippen LogP contribution is 2.15. The molecule has 0 unspecified atom stereocenters. The fraction of sp³-hybridized carbons (Fsp3) is 0.167. The van der Waals surface area contributed by atoms with Gasteiger partial charge < -0.3 is 20.5 Å². The molecule has 0 aliphatic carbocycles. The molecule has 0 radical (unpaired) electrons. The summed E-state index contributed by atoms with van der Waals surface area (Å²) in [5.41, 5.74) is 8.74. The number of carbonyl (C=O) groups excluding carboxylic acids is 2. The van der Waals surface area contributed by atoms with Crippen LogP contribution in [0.15, 0.2) is 53.6 Å². The van der Waals surface area contributed by atoms with Gasteiger partial charge in [0.2, 0.25) is 0 Å². The number of rotatable bonds is 8. The predicted octanol–water partition coefficient (Wildman–Crippen LogP) is 2.10. The lowest BCUT2D eigenvalue weighted by Crippen LogP contribution is -2.24. The molecule has 4 N–H and O–H groups in total. The van der Waals surface area contributed by atoms with Crippen LogP contribution in [0, 0.1) is 0 Å². The molecule has 0 heterocycles. The number of nitrogens with zero attached hydrogens (tertiary/aromatic N) is 1. The molecule has 0 saturated heterocycles. The summed E-state index contributed by atoms with van der Waals surface area (Å²) in [6.07, 6.45) is 1.48. The van der Waals surface area contributed by atoms with E-state index in [2.05, 4.69) is 15.8 Å². The minimum absolute atomic E-state index is 0.180. The monoisotopic (exact) mass is 356 g/mol. The Bertz CT molecular complexity index is 758. The predicted molar refractivity (Wildman–Crippen MR) is 98.5 cm³/mol. The molecular formula is C18H20N4O4. The third-order valence-corrected chi connectivity index (χ3v) is 3.06. The molecule has 2 rings (SSSR count). The molecule has 2 aromatic carbocycles. The lowest BCUT2D eigenvalue weighted by atomic mass is 10.2. The number of anilines is 1. The minimum atomic E-state index is -0.543. The zero-order valence-electron chi connectivity index (χ0n) is 14.3. The van der Waals surface area contributed by atoms with Crippen LogP contribution in [0.3, 0.4) is 0 Å². The smallest absolute Gasteiger partial charge is 0.339 e. The second-order valence-corrected chi connectivity index (χ2v) is 5.11. The van der Waals surface area contributed by atoms with Crippen molar-refractivity contribution in [3.8, 4) is 11.5 Å². The molecule has 0 saturated carbocycles. The molecule has 0 bridgehead atoms. The zero-order chi connectivity index (χ0) is 18.8. The average Bonchev–Trinajstić information content (AvgIpc) is 2.63. The van der Waals surface area contributed by atoms with Crippen LogP contribution in [0.4, 0.5) is 10.5 Å². The summed E-state index contributed by atoms with van der Waals surface area (Å²) < 4.78 is 10.5. The standard InChI is InChI=1S/C18H20N4O4/c1-2-25-15-9-5-14(6-10-15)21-18(24)22-20-11-13-3-7-16(8-4-13)26-12-17(19)23/h3-11H,2,12H2,1H3,(H2,19,23)(H2,21,22,24)/b20-11+. The van der Waals surface area contributed by atoms with Crippen LogP contribution in [0.1, 0.15) is 12.5 Å². The quantitative estimate of drug-likeness (QED) is 0.496. The van der Waals surface area contributed by atoms with E-state index in [9.17, 15) is 9.59 Å². The number of hydrazone groups is 1. The van der Waals surface area contributed by atoms with Crippen molar-refractivity contribution < 1.29 is 19.1 Å². The summed E-state index contributed by atoms with van der Waals surface area (Å²) in [5, 5.41) is 6.51. The van der Waals surface area contributed by atoms with Crippen molar-refractivity contribution in [1.29, 1.82) is 0 Å². The first-order valence-electron chi connectivity index (χ1n) is 7.91. The van der Waals surface area contributed by atoms with Crippen LogP contribution in [-0.2, 0) is 4.79 Å². The molecule has 8 nitrogen and oxygen atoms in total. The number of primary amides is 1. The molecule has 0 aromatic heterocycles.